The van der Waals surface area contributed by atoms with E-state index in [1.807, 2.05) is 0 Å². The summed E-state index contributed by atoms with van der Waals surface area (Å²) >= 11 is 0. The first-order valence-corrected chi connectivity index (χ1v) is 1.63. The van der Waals surface area contributed by atoms with Gasteiger partial charge in [-0.05, 0) is 0 Å². The van der Waals surface area contributed by atoms with Crippen LogP contribution in [0.4, 0.5) is 0 Å². The van der Waals surface area contributed by atoms with Crippen molar-refractivity contribution in [3.63, 3.8) is 0 Å². The van der Waals surface area contributed by atoms with Crippen LogP contribution in [0.5, 0.6) is 0 Å². The molecule has 0 bridgehead atoms. The molecule has 10 heavy (non-hydrogen) atoms. The van der Waals surface area contributed by atoms with Crippen LogP contribution in [-0.2, 0) is 14.4 Å². The second-order valence-electron chi connectivity index (χ2n) is 0.908. The van der Waals surface area contributed by atoms with Gasteiger partial charge in [0, 0.05) is 39.9 Å². The number of carbonyl (C=O) groups excluding carboxylic acids is 1. The number of aliphatic carboxylic acids is 1. The molecule has 0 fully saturated rings. The fourth-order valence-electron chi connectivity index (χ4n) is 0.107. The van der Waals surface area contributed by atoms with Crippen LogP contribution in [0.2, 0.25) is 0 Å². The van der Waals surface area contributed by atoms with Gasteiger partial charge in [-0.15, -0.1) is 10.1 Å². The van der Waals surface area contributed by atoms with Crippen molar-refractivity contribution in [1.82, 2.24) is 0 Å². The molecule has 0 aromatic carbocycles. The van der Waals surface area contributed by atoms with Gasteiger partial charge in [-0.3, -0.25) is 4.79 Å². The SMILES string of the molecule is O=C(O)C(=O)O[N+](=O)[O-].[Th]. The van der Waals surface area contributed by atoms with Crippen LogP contribution in [0.15, 0.2) is 0 Å². The third kappa shape index (κ3) is 5.80. The monoisotopic (exact) mass is 367 g/mol. The quantitative estimate of drug-likeness (QED) is 0.355. The molecule has 0 atom stereocenters. The number of nitrogens with zero attached hydrogens (tertiary/aromatic N) is 1. The molecule has 0 aliphatic carbocycles. The van der Waals surface area contributed by atoms with Gasteiger partial charge in [0.25, 0.3) is 0 Å². The topological polar surface area (TPSA) is 107 Å². The van der Waals surface area contributed by atoms with E-state index in [1.54, 1.807) is 0 Å². The number of rotatable bonds is 1. The number of carbonyl (C=O) groups is 2. The third-order valence-electron chi connectivity index (χ3n) is 0.332. The maximum absolute atomic E-state index is 9.69. The van der Waals surface area contributed by atoms with E-state index in [9.17, 15) is 19.7 Å². The zero-order chi connectivity index (χ0) is 7.44. The number of hydrogen-bond acceptors (Lipinski definition) is 5. The Labute approximate surface area is 86.1 Å². The second kappa shape index (κ2) is 5.45. The third-order valence-corrected chi connectivity index (χ3v) is 0.332. The summed E-state index contributed by atoms with van der Waals surface area (Å²) in [6, 6.07) is 0. The zero-order valence-corrected chi connectivity index (χ0v) is 8.55. The molecule has 0 spiro atoms. The minimum atomic E-state index is -1.99. The second-order valence-corrected chi connectivity index (χ2v) is 0.908. The molecule has 0 saturated carbocycles. The Balaban J connectivity index is 0. The van der Waals surface area contributed by atoms with E-state index in [4.69, 9.17) is 5.11 Å². The standard InChI is InChI=1S/C2HNO6.Th/c4-1(5)2(6)9-3(7)8;/h(H,4,5);. The van der Waals surface area contributed by atoms with Gasteiger partial charge in [-0.25, -0.2) is 9.63 Å². The molecule has 1 N–H and O–H groups in total. The van der Waals surface area contributed by atoms with Gasteiger partial charge in [-0.1, -0.05) is 0 Å². The average Bonchev–Trinajstić information content (AvgIpc) is 1.63. The average molecular weight is 367 g/mol. The van der Waals surface area contributed by atoms with Crippen LogP contribution in [0.3, 0.4) is 0 Å². The first-order valence-electron chi connectivity index (χ1n) is 1.63. The Morgan fingerprint density at radius 2 is 1.90 bits per heavy atom. The molecule has 0 aromatic heterocycles. The van der Waals surface area contributed by atoms with Crippen molar-refractivity contribution in [2.24, 2.45) is 0 Å². The molecule has 0 radical (unpaired) electrons. The van der Waals surface area contributed by atoms with E-state index in [2.05, 4.69) is 4.84 Å². The molecule has 7 nitrogen and oxygen atoms in total. The maximum Gasteiger partial charge on any atom is 0.410 e. The van der Waals surface area contributed by atoms with Crippen LogP contribution in [0.25, 0.3) is 0 Å². The summed E-state index contributed by atoms with van der Waals surface area (Å²) in [6.07, 6.45) is 0. The maximum atomic E-state index is 9.69. The van der Waals surface area contributed by atoms with Crippen molar-refractivity contribution in [3.05, 3.63) is 10.1 Å². The molecule has 0 heterocycles. The van der Waals surface area contributed by atoms with Crippen molar-refractivity contribution >= 4 is 11.9 Å². The minimum absolute atomic E-state index is 0. The molecule has 0 aliphatic rings. The van der Waals surface area contributed by atoms with Crippen LogP contribution >= 0.6 is 0 Å². The van der Waals surface area contributed by atoms with Gasteiger partial charge in [0.2, 0.25) is 0 Å². The van der Waals surface area contributed by atoms with Crippen molar-refractivity contribution in [3.8, 4) is 0 Å². The van der Waals surface area contributed by atoms with Crippen LogP contribution in [0.1, 0.15) is 0 Å². The van der Waals surface area contributed by atoms with Gasteiger partial charge in [0.15, 0.2) is 0 Å². The van der Waals surface area contributed by atoms with E-state index in [0.717, 1.165) is 0 Å². The summed E-state index contributed by atoms with van der Waals surface area (Å²) in [6.45, 7) is 0. The van der Waals surface area contributed by atoms with E-state index in [0.29, 0.717) is 0 Å². The fraction of sp³-hybridized carbons (Fsp3) is 0. The van der Waals surface area contributed by atoms with Crippen molar-refractivity contribution in [2.75, 3.05) is 0 Å². The van der Waals surface area contributed by atoms with E-state index < -0.39 is 17.0 Å². The van der Waals surface area contributed by atoms with Crippen molar-refractivity contribution < 1.29 is 64.6 Å². The smallest absolute Gasteiger partial charge is 0.410 e. The van der Waals surface area contributed by atoms with Crippen LogP contribution in [-0.4, -0.2) is 22.1 Å². The Morgan fingerprint density at radius 3 is 2.00 bits per heavy atom. The normalized spacial score (nSPS) is 7.20. The first kappa shape index (κ1) is 12.4. The molecule has 8 heteroatoms. The summed E-state index contributed by atoms with van der Waals surface area (Å²) in [7, 11) is 0. The molecule has 0 aromatic rings. The summed E-state index contributed by atoms with van der Waals surface area (Å²) < 4.78 is 0. The van der Waals surface area contributed by atoms with Gasteiger partial charge in [-0.2, -0.15) is 0 Å². The molecule has 0 unspecified atom stereocenters. The summed E-state index contributed by atoms with van der Waals surface area (Å²) in [5.41, 5.74) is 0. The summed E-state index contributed by atoms with van der Waals surface area (Å²) in [4.78, 5) is 31.4. The van der Waals surface area contributed by atoms with Crippen LogP contribution < -0.4 is 0 Å². The van der Waals surface area contributed by atoms with Crippen molar-refractivity contribution in [2.45, 2.75) is 0 Å². The Morgan fingerprint density at radius 1 is 1.50 bits per heavy atom. The Hall–Kier alpha value is -0.335. The molecule has 0 rings (SSSR count). The Bertz CT molecular complexity index is 165. The summed E-state index contributed by atoms with van der Waals surface area (Å²) in [5, 5.41) is 15.4. The van der Waals surface area contributed by atoms with Gasteiger partial charge < -0.3 is 5.11 Å². The summed E-state index contributed by atoms with van der Waals surface area (Å²) in [5.74, 6) is -3.90. The number of hydrogen-bond donors (Lipinski definition) is 1. The van der Waals surface area contributed by atoms with E-state index in [-0.39, 0.29) is 39.9 Å². The zero-order valence-electron chi connectivity index (χ0n) is 4.44. The van der Waals surface area contributed by atoms with Crippen molar-refractivity contribution in [1.29, 1.82) is 0 Å². The van der Waals surface area contributed by atoms with E-state index >= 15 is 0 Å². The largest absolute Gasteiger partial charge is 0.474 e. The predicted octanol–water partition coefficient (Wildman–Crippen LogP) is -1.19. The minimum Gasteiger partial charge on any atom is -0.474 e. The van der Waals surface area contributed by atoms with Gasteiger partial charge in [0.05, 0.1) is 0 Å². The van der Waals surface area contributed by atoms with Gasteiger partial charge >= 0.3 is 17.0 Å². The molecule has 0 amide bonds. The first-order chi connectivity index (χ1) is 4.04. The molecule has 0 saturated heterocycles. The fourth-order valence-corrected chi connectivity index (χ4v) is 0.107. The van der Waals surface area contributed by atoms with Crippen LogP contribution in [0, 0.1) is 50.1 Å². The molecular formula is C2HNO6Th. The molecular weight excluding hydrogens is 366 g/mol. The number of carboxylic acids is 1. The Kier molecular flexibility index (Phi) is 6.73. The molecule has 54 valence electrons. The predicted molar refractivity (Wildman–Crippen MR) is 20.7 cm³/mol. The van der Waals surface area contributed by atoms with E-state index in [1.165, 1.54) is 0 Å². The van der Waals surface area contributed by atoms with Gasteiger partial charge in [0.1, 0.15) is 0 Å². The molecule has 0 aliphatic heterocycles. The number of carboxylic acid groups (broad SMARTS) is 1.